The third-order valence-electron chi connectivity index (χ3n) is 3.45. The smallest absolute Gasteiger partial charge is 0.225 e. The molecule has 3 rings (SSSR count). The first-order valence-corrected chi connectivity index (χ1v) is 7.05. The zero-order valence-corrected chi connectivity index (χ0v) is 13.2. The summed E-state index contributed by atoms with van der Waals surface area (Å²) in [6, 6.07) is 1.91. The van der Waals surface area contributed by atoms with Gasteiger partial charge in [-0.25, -0.2) is 9.97 Å². The largest absolute Gasteiger partial charge is 0.339 e. The monoisotopic (exact) mass is 297 g/mol. The van der Waals surface area contributed by atoms with Crippen LogP contribution in [0.5, 0.6) is 0 Å². The lowest BCUT2D eigenvalue weighted by molar-refractivity contribution is 0.756. The Kier molecular flexibility index (Phi) is 3.62. The highest BCUT2D eigenvalue weighted by molar-refractivity contribution is 5.61. The molecule has 0 aliphatic heterocycles. The predicted octanol–water partition coefficient (Wildman–Crippen LogP) is 1.56. The molecule has 0 spiro atoms. The van der Waals surface area contributed by atoms with Crippen molar-refractivity contribution in [3.63, 3.8) is 0 Å². The van der Waals surface area contributed by atoms with E-state index in [0.29, 0.717) is 12.5 Å². The van der Waals surface area contributed by atoms with Gasteiger partial charge in [0.2, 0.25) is 5.95 Å². The van der Waals surface area contributed by atoms with Crippen molar-refractivity contribution in [2.45, 2.75) is 13.5 Å². The summed E-state index contributed by atoms with van der Waals surface area (Å²) in [7, 11) is 5.79. The van der Waals surface area contributed by atoms with Crippen LogP contribution in [-0.4, -0.2) is 36.6 Å². The van der Waals surface area contributed by atoms with Crippen LogP contribution in [0.4, 0.5) is 5.95 Å². The number of aromatic nitrogens is 6. The summed E-state index contributed by atoms with van der Waals surface area (Å²) in [6.07, 6.45) is 7.60. The summed E-state index contributed by atoms with van der Waals surface area (Å²) in [6.45, 7) is 2.69. The highest BCUT2D eigenvalue weighted by Crippen LogP contribution is 2.21. The number of anilines is 1. The van der Waals surface area contributed by atoms with Crippen LogP contribution in [0.1, 0.15) is 11.3 Å². The van der Waals surface area contributed by atoms with E-state index in [9.17, 15) is 0 Å². The molecule has 0 saturated heterocycles. The molecule has 22 heavy (non-hydrogen) atoms. The van der Waals surface area contributed by atoms with Gasteiger partial charge in [-0.05, 0) is 13.0 Å². The van der Waals surface area contributed by atoms with Crippen molar-refractivity contribution in [3.05, 3.63) is 42.1 Å². The lowest BCUT2D eigenvalue weighted by atomic mass is 10.2. The number of aryl methyl sites for hydroxylation is 3. The normalized spacial score (nSPS) is 10.9. The summed E-state index contributed by atoms with van der Waals surface area (Å²) in [5.74, 6) is 0.685. The van der Waals surface area contributed by atoms with Gasteiger partial charge in [0, 0.05) is 57.4 Å². The van der Waals surface area contributed by atoms with Gasteiger partial charge in [0.25, 0.3) is 0 Å². The maximum absolute atomic E-state index is 4.65. The van der Waals surface area contributed by atoms with E-state index >= 15 is 0 Å². The summed E-state index contributed by atoms with van der Waals surface area (Å²) in [5, 5.41) is 8.55. The molecular formula is C15H19N7. The molecule has 0 aliphatic rings. The lowest BCUT2D eigenvalue weighted by Crippen LogP contribution is -2.18. The molecule has 114 valence electrons. The standard InChI is InChI=1S/C15H19N7/c1-11-13(10-22(4)19-11)14-5-6-16-15(18-14)20(2)8-12-7-17-21(3)9-12/h5-7,9-10H,8H2,1-4H3. The minimum atomic E-state index is 0.685. The van der Waals surface area contributed by atoms with Crippen molar-refractivity contribution in [1.82, 2.24) is 29.5 Å². The molecule has 3 aromatic heterocycles. The number of rotatable bonds is 4. The zero-order valence-electron chi connectivity index (χ0n) is 13.2. The highest BCUT2D eigenvalue weighted by atomic mass is 15.3. The fourth-order valence-corrected chi connectivity index (χ4v) is 2.43. The predicted molar refractivity (Wildman–Crippen MR) is 84.3 cm³/mol. The second-order valence-electron chi connectivity index (χ2n) is 5.42. The molecular weight excluding hydrogens is 278 g/mol. The van der Waals surface area contributed by atoms with Gasteiger partial charge in [0.05, 0.1) is 17.6 Å². The van der Waals surface area contributed by atoms with E-state index in [-0.39, 0.29) is 0 Å². The van der Waals surface area contributed by atoms with Gasteiger partial charge in [0.15, 0.2) is 0 Å². The Bertz CT molecular complexity index is 787. The quantitative estimate of drug-likeness (QED) is 0.731. The van der Waals surface area contributed by atoms with Crippen molar-refractivity contribution in [3.8, 4) is 11.3 Å². The minimum absolute atomic E-state index is 0.685. The number of hydrogen-bond donors (Lipinski definition) is 0. The molecule has 0 bridgehead atoms. The summed E-state index contributed by atoms with van der Waals surface area (Å²) < 4.78 is 3.59. The van der Waals surface area contributed by atoms with E-state index in [2.05, 4.69) is 20.2 Å². The van der Waals surface area contributed by atoms with Crippen molar-refractivity contribution in [2.75, 3.05) is 11.9 Å². The molecule has 0 radical (unpaired) electrons. The maximum atomic E-state index is 4.65. The average molecular weight is 297 g/mol. The van der Waals surface area contributed by atoms with Gasteiger partial charge >= 0.3 is 0 Å². The van der Waals surface area contributed by atoms with Crippen molar-refractivity contribution >= 4 is 5.95 Å². The molecule has 0 atom stereocenters. The third-order valence-corrected chi connectivity index (χ3v) is 3.45. The van der Waals surface area contributed by atoms with Crippen LogP contribution < -0.4 is 4.90 Å². The first-order chi connectivity index (χ1) is 10.5. The molecule has 7 nitrogen and oxygen atoms in total. The first-order valence-electron chi connectivity index (χ1n) is 7.05. The van der Waals surface area contributed by atoms with Gasteiger partial charge in [-0.15, -0.1) is 0 Å². The second-order valence-corrected chi connectivity index (χ2v) is 5.42. The second kappa shape index (κ2) is 5.59. The van der Waals surface area contributed by atoms with Gasteiger partial charge in [-0.1, -0.05) is 0 Å². The first kappa shape index (κ1) is 14.2. The Labute approximate surface area is 129 Å². The molecule has 0 aromatic carbocycles. The fourth-order valence-electron chi connectivity index (χ4n) is 2.43. The highest BCUT2D eigenvalue weighted by Gasteiger charge is 2.11. The summed E-state index contributed by atoms with van der Waals surface area (Å²) in [5.41, 5.74) is 3.99. The summed E-state index contributed by atoms with van der Waals surface area (Å²) >= 11 is 0. The van der Waals surface area contributed by atoms with E-state index in [1.807, 2.05) is 57.6 Å². The van der Waals surface area contributed by atoms with E-state index in [1.54, 1.807) is 15.6 Å². The molecule has 3 aromatic rings. The topological polar surface area (TPSA) is 64.7 Å². The van der Waals surface area contributed by atoms with Crippen LogP contribution in [0.2, 0.25) is 0 Å². The number of hydrogen-bond acceptors (Lipinski definition) is 5. The Morgan fingerprint density at radius 1 is 1.18 bits per heavy atom. The van der Waals surface area contributed by atoms with Gasteiger partial charge < -0.3 is 4.90 Å². The van der Waals surface area contributed by atoms with Gasteiger partial charge in [0.1, 0.15) is 0 Å². The van der Waals surface area contributed by atoms with E-state index in [1.165, 1.54) is 0 Å². The van der Waals surface area contributed by atoms with E-state index in [4.69, 9.17) is 0 Å². The van der Waals surface area contributed by atoms with Crippen molar-refractivity contribution in [1.29, 1.82) is 0 Å². The Morgan fingerprint density at radius 3 is 2.64 bits per heavy atom. The van der Waals surface area contributed by atoms with Crippen LogP contribution in [0.3, 0.4) is 0 Å². The van der Waals surface area contributed by atoms with Gasteiger partial charge in [-0.3, -0.25) is 9.36 Å². The maximum Gasteiger partial charge on any atom is 0.225 e. The van der Waals surface area contributed by atoms with E-state index in [0.717, 1.165) is 22.5 Å². The SMILES string of the molecule is Cc1nn(C)cc1-c1ccnc(N(C)Cc2cnn(C)c2)n1. The molecule has 7 heteroatoms. The van der Waals surface area contributed by atoms with Crippen molar-refractivity contribution < 1.29 is 0 Å². The number of nitrogens with zero attached hydrogens (tertiary/aromatic N) is 7. The Hall–Kier alpha value is -2.70. The molecule has 0 fully saturated rings. The van der Waals surface area contributed by atoms with Crippen LogP contribution >= 0.6 is 0 Å². The van der Waals surface area contributed by atoms with Crippen LogP contribution in [0.15, 0.2) is 30.9 Å². The summed E-state index contributed by atoms with van der Waals surface area (Å²) in [4.78, 5) is 11.0. The third kappa shape index (κ3) is 2.83. The lowest BCUT2D eigenvalue weighted by Gasteiger charge is -2.16. The Balaban J connectivity index is 1.85. The van der Waals surface area contributed by atoms with E-state index < -0.39 is 0 Å². The van der Waals surface area contributed by atoms with Crippen LogP contribution in [0.25, 0.3) is 11.3 Å². The molecule has 3 heterocycles. The van der Waals surface area contributed by atoms with Crippen LogP contribution in [0, 0.1) is 6.92 Å². The average Bonchev–Trinajstić information content (AvgIpc) is 3.04. The van der Waals surface area contributed by atoms with Gasteiger partial charge in [-0.2, -0.15) is 10.2 Å². The van der Waals surface area contributed by atoms with Crippen molar-refractivity contribution in [2.24, 2.45) is 14.1 Å². The minimum Gasteiger partial charge on any atom is -0.339 e. The van der Waals surface area contributed by atoms with Crippen LogP contribution in [-0.2, 0) is 20.6 Å². The molecule has 0 amide bonds. The fraction of sp³-hybridized carbons (Fsp3) is 0.333. The molecule has 0 N–H and O–H groups in total. The Morgan fingerprint density at radius 2 is 2.00 bits per heavy atom. The molecule has 0 unspecified atom stereocenters. The molecule has 0 aliphatic carbocycles. The zero-order chi connectivity index (χ0) is 15.7. The molecule has 0 saturated carbocycles.